The highest BCUT2D eigenvalue weighted by Crippen LogP contribution is 2.19. The van der Waals surface area contributed by atoms with E-state index in [-0.39, 0.29) is 6.10 Å². The molecule has 1 aromatic rings. The highest BCUT2D eigenvalue weighted by molar-refractivity contribution is 5.41. The van der Waals surface area contributed by atoms with Gasteiger partial charge in [0.1, 0.15) is 5.75 Å². The summed E-state index contributed by atoms with van der Waals surface area (Å²) >= 11 is 0. The molecule has 0 saturated heterocycles. The maximum atomic E-state index is 9.12. The van der Waals surface area contributed by atoms with Gasteiger partial charge in [0.2, 0.25) is 0 Å². The number of aliphatic hydroxyl groups excluding tert-OH is 1. The van der Waals surface area contributed by atoms with Gasteiger partial charge in [0.25, 0.3) is 0 Å². The van der Waals surface area contributed by atoms with E-state index in [9.17, 15) is 0 Å². The predicted octanol–water partition coefficient (Wildman–Crippen LogP) is 1.43. The van der Waals surface area contributed by atoms with Crippen LogP contribution in [0.4, 0.5) is 0 Å². The Morgan fingerprint density at radius 1 is 1.53 bits per heavy atom. The summed E-state index contributed by atoms with van der Waals surface area (Å²) < 4.78 is 5.22. The van der Waals surface area contributed by atoms with E-state index in [0.29, 0.717) is 18.5 Å². The van der Waals surface area contributed by atoms with Crippen LogP contribution in [0.5, 0.6) is 5.75 Å². The molecule has 4 nitrogen and oxygen atoms in total. The van der Waals surface area contributed by atoms with Crippen molar-refractivity contribution in [3.8, 4) is 11.8 Å². The fourth-order valence-corrected chi connectivity index (χ4v) is 1.52. The fraction of sp³-hybridized carbons (Fsp3) is 0.462. The molecule has 4 heteroatoms. The molecule has 92 valence electrons. The van der Waals surface area contributed by atoms with E-state index in [2.05, 4.69) is 11.4 Å². The Labute approximate surface area is 102 Å². The number of ether oxygens (including phenoxy) is 1. The summed E-state index contributed by atoms with van der Waals surface area (Å²) in [6, 6.07) is 7.45. The second kappa shape index (κ2) is 6.89. The predicted molar refractivity (Wildman–Crippen MR) is 65.7 cm³/mol. The highest BCUT2D eigenvalue weighted by atomic mass is 16.5. The monoisotopic (exact) mass is 234 g/mol. The van der Waals surface area contributed by atoms with Gasteiger partial charge in [-0.05, 0) is 38.1 Å². The van der Waals surface area contributed by atoms with Gasteiger partial charge in [0.15, 0.2) is 0 Å². The zero-order chi connectivity index (χ0) is 12.7. The maximum Gasteiger partial charge on any atom is 0.123 e. The van der Waals surface area contributed by atoms with E-state index in [1.165, 1.54) is 0 Å². The average Bonchev–Trinajstić information content (AvgIpc) is 2.34. The number of hydrogen-bond acceptors (Lipinski definition) is 4. The number of nitriles is 1. The molecular formula is C13H18N2O2. The van der Waals surface area contributed by atoms with Crippen molar-refractivity contribution in [3.05, 3.63) is 29.3 Å². The third kappa shape index (κ3) is 4.43. The summed E-state index contributed by atoms with van der Waals surface area (Å²) in [6.07, 6.45) is 0.412. The molecule has 0 spiro atoms. The van der Waals surface area contributed by atoms with Crippen LogP contribution in [0.2, 0.25) is 0 Å². The van der Waals surface area contributed by atoms with Gasteiger partial charge in [-0.15, -0.1) is 0 Å². The van der Waals surface area contributed by atoms with Crippen molar-refractivity contribution in [3.63, 3.8) is 0 Å². The minimum absolute atomic E-state index is 0.296. The van der Waals surface area contributed by atoms with Gasteiger partial charge in [-0.25, -0.2) is 0 Å². The number of aliphatic hydroxyl groups is 1. The lowest BCUT2D eigenvalue weighted by molar-refractivity contribution is 0.183. The Kier molecular flexibility index (Phi) is 5.47. The topological polar surface area (TPSA) is 65.3 Å². The van der Waals surface area contributed by atoms with E-state index in [0.717, 1.165) is 17.9 Å². The van der Waals surface area contributed by atoms with Crippen LogP contribution in [-0.4, -0.2) is 24.9 Å². The summed E-state index contributed by atoms with van der Waals surface area (Å²) in [4.78, 5) is 0. The molecular weight excluding hydrogens is 216 g/mol. The van der Waals surface area contributed by atoms with Gasteiger partial charge < -0.3 is 15.2 Å². The standard InChI is InChI=1S/C13H18N2O2/c1-10(16)5-6-15-9-12-7-11(8-14)3-4-13(12)17-2/h3-4,7,10,15-16H,5-6,9H2,1-2H3. The van der Waals surface area contributed by atoms with Crippen LogP contribution >= 0.6 is 0 Å². The van der Waals surface area contributed by atoms with Crippen LogP contribution in [0.1, 0.15) is 24.5 Å². The van der Waals surface area contributed by atoms with Crippen molar-refractivity contribution < 1.29 is 9.84 Å². The van der Waals surface area contributed by atoms with E-state index in [1.54, 1.807) is 26.2 Å². The Hall–Kier alpha value is -1.57. The zero-order valence-corrected chi connectivity index (χ0v) is 10.2. The lowest BCUT2D eigenvalue weighted by atomic mass is 10.1. The van der Waals surface area contributed by atoms with Crippen LogP contribution < -0.4 is 10.1 Å². The fourth-order valence-electron chi connectivity index (χ4n) is 1.52. The average molecular weight is 234 g/mol. The molecule has 0 amide bonds. The maximum absolute atomic E-state index is 9.12. The van der Waals surface area contributed by atoms with Gasteiger partial charge in [0, 0.05) is 12.1 Å². The molecule has 1 unspecified atom stereocenters. The van der Waals surface area contributed by atoms with Gasteiger partial charge in [-0.2, -0.15) is 5.26 Å². The number of benzene rings is 1. The third-order valence-electron chi connectivity index (χ3n) is 2.46. The van der Waals surface area contributed by atoms with Crippen molar-refractivity contribution in [1.29, 1.82) is 5.26 Å². The minimum Gasteiger partial charge on any atom is -0.496 e. The van der Waals surface area contributed by atoms with Crippen molar-refractivity contribution in [1.82, 2.24) is 5.32 Å². The molecule has 2 N–H and O–H groups in total. The second-order valence-corrected chi connectivity index (χ2v) is 3.95. The molecule has 0 radical (unpaired) electrons. The van der Waals surface area contributed by atoms with Gasteiger partial charge in [-0.3, -0.25) is 0 Å². The van der Waals surface area contributed by atoms with Crippen LogP contribution in [0.15, 0.2) is 18.2 Å². The SMILES string of the molecule is COc1ccc(C#N)cc1CNCCC(C)O. The minimum atomic E-state index is -0.296. The molecule has 1 rings (SSSR count). The van der Waals surface area contributed by atoms with E-state index < -0.39 is 0 Å². The number of methoxy groups -OCH3 is 1. The van der Waals surface area contributed by atoms with Crippen molar-refractivity contribution >= 4 is 0 Å². The van der Waals surface area contributed by atoms with Gasteiger partial charge >= 0.3 is 0 Å². The molecule has 0 bridgehead atoms. The van der Waals surface area contributed by atoms with Crippen LogP contribution in [0, 0.1) is 11.3 Å². The molecule has 17 heavy (non-hydrogen) atoms. The first-order chi connectivity index (χ1) is 8.17. The third-order valence-corrected chi connectivity index (χ3v) is 2.46. The molecule has 0 aliphatic heterocycles. The summed E-state index contributed by atoms with van der Waals surface area (Å²) in [5, 5.41) is 21.2. The number of hydrogen-bond donors (Lipinski definition) is 2. The van der Waals surface area contributed by atoms with Gasteiger partial charge in [0.05, 0.1) is 24.8 Å². The first kappa shape index (κ1) is 13.5. The molecule has 0 aliphatic rings. The summed E-state index contributed by atoms with van der Waals surface area (Å²) in [6.45, 7) is 3.13. The van der Waals surface area contributed by atoms with Crippen LogP contribution in [-0.2, 0) is 6.54 Å². The Morgan fingerprint density at radius 2 is 2.29 bits per heavy atom. The number of rotatable bonds is 6. The highest BCUT2D eigenvalue weighted by Gasteiger charge is 2.04. The van der Waals surface area contributed by atoms with Crippen LogP contribution in [0.25, 0.3) is 0 Å². The second-order valence-electron chi connectivity index (χ2n) is 3.95. The number of nitrogens with one attached hydrogen (secondary N) is 1. The lowest BCUT2D eigenvalue weighted by Crippen LogP contribution is -2.19. The van der Waals surface area contributed by atoms with E-state index in [1.807, 2.05) is 6.07 Å². The van der Waals surface area contributed by atoms with Crippen molar-refractivity contribution in [2.75, 3.05) is 13.7 Å². The lowest BCUT2D eigenvalue weighted by Gasteiger charge is -2.10. The van der Waals surface area contributed by atoms with E-state index in [4.69, 9.17) is 15.1 Å². The smallest absolute Gasteiger partial charge is 0.123 e. The largest absolute Gasteiger partial charge is 0.496 e. The van der Waals surface area contributed by atoms with E-state index >= 15 is 0 Å². The number of nitrogens with zero attached hydrogens (tertiary/aromatic N) is 1. The molecule has 1 aromatic carbocycles. The molecule has 1 atom stereocenters. The Morgan fingerprint density at radius 3 is 2.88 bits per heavy atom. The summed E-state index contributed by atoms with van der Waals surface area (Å²) in [5.74, 6) is 0.772. The Bertz CT molecular complexity index is 397. The summed E-state index contributed by atoms with van der Waals surface area (Å²) in [5.41, 5.74) is 1.58. The first-order valence-corrected chi connectivity index (χ1v) is 5.63. The first-order valence-electron chi connectivity index (χ1n) is 5.63. The molecule has 0 heterocycles. The Balaban J connectivity index is 2.59. The van der Waals surface area contributed by atoms with Crippen molar-refractivity contribution in [2.45, 2.75) is 26.0 Å². The molecule has 0 aliphatic carbocycles. The quantitative estimate of drug-likeness (QED) is 0.731. The molecule has 0 aromatic heterocycles. The normalized spacial score (nSPS) is 11.9. The summed E-state index contributed by atoms with van der Waals surface area (Å²) in [7, 11) is 1.61. The van der Waals surface area contributed by atoms with Crippen LogP contribution in [0.3, 0.4) is 0 Å². The molecule has 0 fully saturated rings. The zero-order valence-electron chi connectivity index (χ0n) is 10.2. The van der Waals surface area contributed by atoms with Crippen molar-refractivity contribution in [2.24, 2.45) is 0 Å². The van der Waals surface area contributed by atoms with Gasteiger partial charge in [-0.1, -0.05) is 0 Å². The molecule has 0 saturated carbocycles.